The van der Waals surface area contributed by atoms with E-state index in [-0.39, 0.29) is 12.4 Å². The van der Waals surface area contributed by atoms with E-state index in [4.69, 9.17) is 28.3 Å². The first-order chi connectivity index (χ1) is 5.66. The van der Waals surface area contributed by atoms with Crippen LogP contribution in [-0.2, 0) is 6.42 Å². The summed E-state index contributed by atoms with van der Waals surface area (Å²) >= 11 is 11.5. The molecule has 0 aromatic heterocycles. The zero-order valence-corrected chi connectivity index (χ0v) is 7.73. The number of rotatable bonds is 2. The first kappa shape index (κ1) is 9.65. The predicted octanol–water partition coefficient (Wildman–Crippen LogP) is 2.23. The van der Waals surface area contributed by atoms with Crippen molar-refractivity contribution in [2.75, 3.05) is 6.61 Å². The van der Waals surface area contributed by atoms with Gasteiger partial charge in [-0.05, 0) is 12.1 Å². The van der Waals surface area contributed by atoms with Crippen molar-refractivity contribution in [2.45, 2.75) is 6.42 Å². The standard InChI is InChI=1S/C8H8Cl2O2/c9-6-1-2-7(12)5(3-4-11)8(6)10/h1-2,11-12H,3-4H2. The van der Waals surface area contributed by atoms with E-state index < -0.39 is 0 Å². The maximum Gasteiger partial charge on any atom is 0.120 e. The monoisotopic (exact) mass is 206 g/mol. The van der Waals surface area contributed by atoms with Crippen LogP contribution in [0.15, 0.2) is 12.1 Å². The lowest BCUT2D eigenvalue weighted by atomic mass is 10.1. The Morgan fingerprint density at radius 2 is 1.92 bits per heavy atom. The average molecular weight is 207 g/mol. The molecule has 0 aliphatic rings. The molecule has 0 saturated heterocycles. The smallest absolute Gasteiger partial charge is 0.120 e. The van der Waals surface area contributed by atoms with Crippen molar-refractivity contribution in [3.63, 3.8) is 0 Å². The molecule has 0 aliphatic heterocycles. The van der Waals surface area contributed by atoms with E-state index in [0.29, 0.717) is 22.0 Å². The molecular weight excluding hydrogens is 199 g/mol. The first-order valence-corrected chi connectivity index (χ1v) is 4.19. The summed E-state index contributed by atoms with van der Waals surface area (Å²) < 4.78 is 0. The lowest BCUT2D eigenvalue weighted by molar-refractivity contribution is 0.297. The fraction of sp³-hybridized carbons (Fsp3) is 0.250. The first-order valence-electron chi connectivity index (χ1n) is 3.43. The molecule has 2 N–H and O–H groups in total. The molecule has 1 rings (SSSR count). The van der Waals surface area contributed by atoms with Crippen LogP contribution in [0, 0.1) is 0 Å². The van der Waals surface area contributed by atoms with Crippen LogP contribution in [0.4, 0.5) is 0 Å². The summed E-state index contributed by atoms with van der Waals surface area (Å²) in [5.41, 5.74) is 0.492. The highest BCUT2D eigenvalue weighted by Gasteiger charge is 2.08. The van der Waals surface area contributed by atoms with Gasteiger partial charge in [0.05, 0.1) is 10.0 Å². The molecule has 1 aromatic carbocycles. The average Bonchev–Trinajstić information content (AvgIpc) is 2.06. The van der Waals surface area contributed by atoms with E-state index in [0.717, 1.165) is 0 Å². The van der Waals surface area contributed by atoms with Gasteiger partial charge in [-0.3, -0.25) is 0 Å². The Kier molecular flexibility index (Phi) is 3.20. The molecule has 12 heavy (non-hydrogen) atoms. The van der Waals surface area contributed by atoms with Crippen molar-refractivity contribution in [3.05, 3.63) is 27.7 Å². The van der Waals surface area contributed by atoms with Crippen LogP contribution >= 0.6 is 23.2 Å². The molecule has 0 saturated carbocycles. The molecule has 66 valence electrons. The molecule has 0 bridgehead atoms. The minimum atomic E-state index is -0.0619. The van der Waals surface area contributed by atoms with Gasteiger partial charge >= 0.3 is 0 Å². The molecule has 2 nitrogen and oxygen atoms in total. The van der Waals surface area contributed by atoms with E-state index in [1.54, 1.807) is 0 Å². The summed E-state index contributed by atoms with van der Waals surface area (Å²) in [6.07, 6.45) is 0.311. The molecule has 0 amide bonds. The van der Waals surface area contributed by atoms with Crippen molar-refractivity contribution in [3.8, 4) is 5.75 Å². The van der Waals surface area contributed by atoms with Crippen molar-refractivity contribution in [1.29, 1.82) is 0 Å². The number of hydrogen-bond acceptors (Lipinski definition) is 2. The molecule has 1 aromatic rings. The summed E-state index contributed by atoms with van der Waals surface area (Å²) in [4.78, 5) is 0. The Bertz CT molecular complexity index is 287. The molecule has 0 atom stereocenters. The summed E-state index contributed by atoms with van der Waals surface area (Å²) in [5.74, 6) is 0.0680. The molecule has 0 spiro atoms. The molecule has 0 unspecified atom stereocenters. The van der Waals surface area contributed by atoms with E-state index in [1.165, 1.54) is 12.1 Å². The Morgan fingerprint density at radius 1 is 1.25 bits per heavy atom. The number of aliphatic hydroxyl groups excluding tert-OH is 1. The molecule has 0 fully saturated rings. The maximum absolute atomic E-state index is 9.29. The third-order valence-corrected chi connectivity index (χ3v) is 2.38. The van der Waals surface area contributed by atoms with Crippen LogP contribution in [0.5, 0.6) is 5.75 Å². The van der Waals surface area contributed by atoms with Gasteiger partial charge in [0.2, 0.25) is 0 Å². The van der Waals surface area contributed by atoms with Gasteiger partial charge in [-0.1, -0.05) is 23.2 Å². The highest BCUT2D eigenvalue weighted by molar-refractivity contribution is 6.42. The lowest BCUT2D eigenvalue weighted by Gasteiger charge is -2.05. The van der Waals surface area contributed by atoms with Gasteiger partial charge in [0, 0.05) is 18.6 Å². The molecule has 0 radical (unpaired) electrons. The van der Waals surface area contributed by atoms with Crippen LogP contribution in [0.3, 0.4) is 0 Å². The third kappa shape index (κ3) is 1.83. The second kappa shape index (κ2) is 3.99. The fourth-order valence-electron chi connectivity index (χ4n) is 0.932. The van der Waals surface area contributed by atoms with Gasteiger partial charge in [-0.2, -0.15) is 0 Å². The quantitative estimate of drug-likeness (QED) is 0.780. The van der Waals surface area contributed by atoms with E-state index in [2.05, 4.69) is 0 Å². The Morgan fingerprint density at radius 3 is 2.50 bits per heavy atom. The van der Waals surface area contributed by atoms with E-state index in [9.17, 15) is 5.11 Å². The molecular formula is C8H8Cl2O2. The third-order valence-electron chi connectivity index (χ3n) is 1.53. The van der Waals surface area contributed by atoms with Crippen LogP contribution in [0.2, 0.25) is 10.0 Å². The van der Waals surface area contributed by atoms with E-state index >= 15 is 0 Å². The van der Waals surface area contributed by atoms with Gasteiger partial charge in [-0.25, -0.2) is 0 Å². The molecule has 4 heteroatoms. The summed E-state index contributed by atoms with van der Waals surface area (Å²) in [6.45, 7) is -0.0619. The topological polar surface area (TPSA) is 40.5 Å². The number of phenols is 1. The summed E-state index contributed by atoms with van der Waals surface area (Å²) in [6, 6.07) is 2.97. The highest BCUT2D eigenvalue weighted by atomic mass is 35.5. The van der Waals surface area contributed by atoms with Crippen molar-refractivity contribution in [2.24, 2.45) is 0 Å². The number of phenolic OH excluding ortho intramolecular Hbond substituents is 1. The maximum atomic E-state index is 9.29. The Balaban J connectivity index is 3.14. The van der Waals surface area contributed by atoms with Gasteiger partial charge in [-0.15, -0.1) is 0 Å². The van der Waals surface area contributed by atoms with Crippen LogP contribution < -0.4 is 0 Å². The molecule has 0 heterocycles. The minimum absolute atomic E-state index is 0.0619. The van der Waals surface area contributed by atoms with Gasteiger partial charge in [0.1, 0.15) is 5.75 Å². The van der Waals surface area contributed by atoms with Crippen LogP contribution in [-0.4, -0.2) is 16.8 Å². The predicted molar refractivity (Wildman–Crippen MR) is 48.9 cm³/mol. The molecule has 0 aliphatic carbocycles. The van der Waals surface area contributed by atoms with E-state index in [1.807, 2.05) is 0 Å². The number of aromatic hydroxyl groups is 1. The van der Waals surface area contributed by atoms with Crippen LogP contribution in [0.1, 0.15) is 5.56 Å². The van der Waals surface area contributed by atoms with Crippen molar-refractivity contribution >= 4 is 23.2 Å². The zero-order chi connectivity index (χ0) is 9.14. The SMILES string of the molecule is OCCc1c(O)ccc(Cl)c1Cl. The zero-order valence-electron chi connectivity index (χ0n) is 6.22. The second-order valence-corrected chi connectivity index (χ2v) is 3.12. The second-order valence-electron chi connectivity index (χ2n) is 2.33. The number of benzene rings is 1. The summed E-state index contributed by atoms with van der Waals surface area (Å²) in [5, 5.41) is 18.6. The fourth-order valence-corrected chi connectivity index (χ4v) is 1.36. The number of aliphatic hydroxyl groups is 1. The van der Waals surface area contributed by atoms with Crippen molar-refractivity contribution < 1.29 is 10.2 Å². The minimum Gasteiger partial charge on any atom is -0.508 e. The van der Waals surface area contributed by atoms with Crippen molar-refractivity contribution in [1.82, 2.24) is 0 Å². The number of halogens is 2. The highest BCUT2D eigenvalue weighted by Crippen LogP contribution is 2.32. The largest absolute Gasteiger partial charge is 0.508 e. The van der Waals surface area contributed by atoms with Crippen LogP contribution in [0.25, 0.3) is 0 Å². The van der Waals surface area contributed by atoms with Gasteiger partial charge < -0.3 is 10.2 Å². The van der Waals surface area contributed by atoms with Gasteiger partial charge in [0.25, 0.3) is 0 Å². The summed E-state index contributed by atoms with van der Waals surface area (Å²) in [7, 11) is 0. The number of hydrogen-bond donors (Lipinski definition) is 2. The Hall–Kier alpha value is -0.440. The normalized spacial score (nSPS) is 10.2. The lowest BCUT2D eigenvalue weighted by Crippen LogP contribution is -1.92. The van der Waals surface area contributed by atoms with Gasteiger partial charge in [0.15, 0.2) is 0 Å². The Labute approximate surface area is 80.4 Å².